The van der Waals surface area contributed by atoms with Crippen molar-refractivity contribution in [3.8, 4) is 0 Å². The summed E-state index contributed by atoms with van der Waals surface area (Å²) in [5.74, 6) is -2.15. The van der Waals surface area contributed by atoms with E-state index in [2.05, 4.69) is 0 Å². The molecule has 68 valence electrons. The van der Waals surface area contributed by atoms with Gasteiger partial charge in [-0.2, -0.15) is 0 Å². The number of aliphatic carboxylic acids is 2. The van der Waals surface area contributed by atoms with Gasteiger partial charge >= 0.3 is 11.9 Å². The van der Waals surface area contributed by atoms with Crippen LogP contribution in [0.3, 0.4) is 0 Å². The van der Waals surface area contributed by atoms with Crippen molar-refractivity contribution in [2.75, 3.05) is 7.11 Å². The van der Waals surface area contributed by atoms with Gasteiger partial charge in [0.1, 0.15) is 0 Å². The molecule has 0 aromatic rings. The van der Waals surface area contributed by atoms with Crippen LogP contribution in [0, 0.1) is 0 Å². The number of hydrogen-bond donors (Lipinski definition) is 3. The molecule has 5 N–H and O–H groups in total. The van der Waals surface area contributed by atoms with Crippen molar-refractivity contribution in [1.29, 1.82) is 0 Å². The lowest BCUT2D eigenvalue weighted by Crippen LogP contribution is -2.00. The van der Waals surface area contributed by atoms with Gasteiger partial charge in [0.2, 0.25) is 0 Å². The van der Waals surface area contributed by atoms with Gasteiger partial charge < -0.3 is 20.8 Å². The van der Waals surface area contributed by atoms with E-state index in [0.29, 0.717) is 0 Å². The molecule has 0 aromatic carbocycles. The summed E-state index contributed by atoms with van der Waals surface area (Å²) in [6.45, 7) is 0. The van der Waals surface area contributed by atoms with E-state index in [-0.39, 0.29) is 18.3 Å². The highest BCUT2D eigenvalue weighted by atomic mass is 16.4. The zero-order valence-electron chi connectivity index (χ0n) is 6.07. The highest BCUT2D eigenvalue weighted by Gasteiger charge is 2.00. The van der Waals surface area contributed by atoms with Gasteiger partial charge in [-0.1, -0.05) is 0 Å². The molecule has 0 fully saturated rings. The molecule has 0 aliphatic carbocycles. The lowest BCUT2D eigenvalue weighted by molar-refractivity contribution is -0.143. The predicted molar refractivity (Wildman–Crippen MR) is 36.3 cm³/mol. The Morgan fingerprint density at radius 3 is 1.27 bits per heavy atom. The molecule has 0 radical (unpaired) electrons. The van der Waals surface area contributed by atoms with Crippen LogP contribution in [-0.4, -0.2) is 39.8 Å². The van der Waals surface area contributed by atoms with Crippen molar-refractivity contribution >= 4 is 11.9 Å². The van der Waals surface area contributed by atoms with Crippen molar-refractivity contribution in [3.63, 3.8) is 0 Å². The number of carboxylic acid groups (broad SMARTS) is 2. The van der Waals surface area contributed by atoms with E-state index in [1.54, 1.807) is 0 Å². The van der Waals surface area contributed by atoms with Gasteiger partial charge in [0, 0.05) is 7.11 Å². The van der Waals surface area contributed by atoms with Gasteiger partial charge in [0.25, 0.3) is 0 Å². The second-order valence-electron chi connectivity index (χ2n) is 1.29. The Hall–Kier alpha value is -1.14. The van der Waals surface area contributed by atoms with E-state index in [1.165, 1.54) is 0 Å². The van der Waals surface area contributed by atoms with Crippen LogP contribution in [0.2, 0.25) is 0 Å². The first-order valence-corrected chi connectivity index (χ1v) is 2.51. The third-order valence-corrected chi connectivity index (χ3v) is 0.553. The monoisotopic (exact) mass is 168 g/mol. The summed E-state index contributed by atoms with van der Waals surface area (Å²) < 4.78 is 0. The average Bonchev–Trinajstić information content (AvgIpc) is 1.89. The Morgan fingerprint density at radius 2 is 1.18 bits per heavy atom. The molecule has 0 spiro atoms. The van der Waals surface area contributed by atoms with Crippen molar-refractivity contribution in [3.05, 3.63) is 0 Å². The maximum absolute atomic E-state index is 9.64. The van der Waals surface area contributed by atoms with E-state index in [0.717, 1.165) is 7.11 Å². The van der Waals surface area contributed by atoms with Crippen LogP contribution in [0.1, 0.15) is 12.8 Å². The average molecular weight is 168 g/mol. The van der Waals surface area contributed by atoms with Crippen molar-refractivity contribution in [2.24, 2.45) is 0 Å². The first-order chi connectivity index (χ1) is 4.63. The van der Waals surface area contributed by atoms with E-state index in [9.17, 15) is 9.59 Å². The molecule has 0 aromatic heterocycles. The molecule has 11 heavy (non-hydrogen) atoms. The lowest BCUT2D eigenvalue weighted by Gasteiger charge is -1.85. The fourth-order valence-corrected chi connectivity index (χ4v) is 0.214. The van der Waals surface area contributed by atoms with Crippen LogP contribution in [0.15, 0.2) is 0 Å². The number of hydrogen-bond acceptors (Lipinski definition) is 3. The molecule has 0 saturated carbocycles. The van der Waals surface area contributed by atoms with Crippen LogP contribution < -0.4 is 0 Å². The molecule has 0 aliphatic heterocycles. The molecule has 0 amide bonds. The van der Waals surface area contributed by atoms with Gasteiger partial charge in [0.15, 0.2) is 0 Å². The van der Waals surface area contributed by atoms with Crippen LogP contribution in [0.4, 0.5) is 0 Å². The minimum absolute atomic E-state index is 0. The summed E-state index contributed by atoms with van der Waals surface area (Å²) in [5, 5.41) is 22.8. The Morgan fingerprint density at radius 1 is 1.00 bits per heavy atom. The van der Waals surface area contributed by atoms with E-state index >= 15 is 0 Å². The molecule has 6 nitrogen and oxygen atoms in total. The Kier molecular flexibility index (Phi) is 17.4. The van der Waals surface area contributed by atoms with E-state index < -0.39 is 11.9 Å². The molecule has 0 saturated heterocycles. The smallest absolute Gasteiger partial charge is 0.303 e. The molecule has 0 unspecified atom stereocenters. The Labute approximate surface area is 63.4 Å². The maximum atomic E-state index is 9.64. The normalized spacial score (nSPS) is 6.73. The van der Waals surface area contributed by atoms with Crippen LogP contribution in [-0.2, 0) is 9.59 Å². The summed E-state index contributed by atoms with van der Waals surface area (Å²) in [6.07, 6.45) is -0.593. The lowest BCUT2D eigenvalue weighted by atomic mass is 10.3. The summed E-state index contributed by atoms with van der Waals surface area (Å²) in [4.78, 5) is 19.3. The second-order valence-corrected chi connectivity index (χ2v) is 1.29. The highest BCUT2D eigenvalue weighted by Crippen LogP contribution is 1.85. The standard InChI is InChI=1S/C4H6O4.CH4O.H2O/c5-3(6)1-2-4(7)8;1-2;/h1-2H2,(H,5,6)(H,7,8);2H,1H3;1H2. The van der Waals surface area contributed by atoms with Gasteiger partial charge in [-0.15, -0.1) is 0 Å². The van der Waals surface area contributed by atoms with Gasteiger partial charge in [0.05, 0.1) is 12.8 Å². The van der Waals surface area contributed by atoms with Crippen molar-refractivity contribution in [1.82, 2.24) is 0 Å². The topological polar surface area (TPSA) is 126 Å². The summed E-state index contributed by atoms with van der Waals surface area (Å²) >= 11 is 0. The molecule has 0 atom stereocenters. The number of carbonyl (C=O) groups is 2. The predicted octanol–water partition coefficient (Wildman–Crippen LogP) is -1.28. The molecule has 6 heteroatoms. The second kappa shape index (κ2) is 11.6. The Balaban J connectivity index is -0.000000196. The molecular formula is C5H12O6. The van der Waals surface area contributed by atoms with E-state index in [4.69, 9.17) is 15.3 Å². The SMILES string of the molecule is CO.O.O=C(O)CCC(=O)O. The summed E-state index contributed by atoms with van der Waals surface area (Å²) in [7, 11) is 1.00. The summed E-state index contributed by atoms with van der Waals surface area (Å²) in [5.41, 5.74) is 0. The zero-order valence-corrected chi connectivity index (χ0v) is 6.07. The quantitative estimate of drug-likeness (QED) is 0.483. The molecule has 0 heterocycles. The Bertz CT molecular complexity index is 95.5. The van der Waals surface area contributed by atoms with Crippen LogP contribution in [0.25, 0.3) is 0 Å². The number of aliphatic hydroxyl groups is 1. The summed E-state index contributed by atoms with van der Waals surface area (Å²) in [6, 6.07) is 0. The fourth-order valence-electron chi connectivity index (χ4n) is 0.214. The molecule has 0 aliphatic rings. The molecular weight excluding hydrogens is 156 g/mol. The van der Waals surface area contributed by atoms with Crippen LogP contribution >= 0.6 is 0 Å². The molecule has 0 bridgehead atoms. The van der Waals surface area contributed by atoms with E-state index in [1.807, 2.05) is 0 Å². The first kappa shape index (κ1) is 16.4. The van der Waals surface area contributed by atoms with Gasteiger partial charge in [-0.3, -0.25) is 9.59 Å². The minimum Gasteiger partial charge on any atom is -0.481 e. The largest absolute Gasteiger partial charge is 0.481 e. The molecule has 0 rings (SSSR count). The number of aliphatic hydroxyl groups excluding tert-OH is 1. The van der Waals surface area contributed by atoms with Crippen molar-refractivity contribution < 1.29 is 30.4 Å². The first-order valence-electron chi connectivity index (χ1n) is 2.51. The van der Waals surface area contributed by atoms with Crippen molar-refractivity contribution in [2.45, 2.75) is 12.8 Å². The third kappa shape index (κ3) is 28.0. The highest BCUT2D eigenvalue weighted by molar-refractivity contribution is 5.75. The zero-order chi connectivity index (χ0) is 8.57. The number of carboxylic acids is 2. The minimum atomic E-state index is -1.08. The van der Waals surface area contributed by atoms with Gasteiger partial charge in [-0.25, -0.2) is 0 Å². The maximum Gasteiger partial charge on any atom is 0.303 e. The van der Waals surface area contributed by atoms with Crippen LogP contribution in [0.5, 0.6) is 0 Å². The third-order valence-electron chi connectivity index (χ3n) is 0.553. The number of rotatable bonds is 3. The van der Waals surface area contributed by atoms with Gasteiger partial charge in [-0.05, 0) is 0 Å². The fraction of sp³-hybridized carbons (Fsp3) is 0.600.